The van der Waals surface area contributed by atoms with Gasteiger partial charge in [-0.3, -0.25) is 4.79 Å². The van der Waals surface area contributed by atoms with Gasteiger partial charge in [-0.05, 0) is 47.6 Å². The molecule has 4 nitrogen and oxygen atoms in total. The first-order chi connectivity index (χ1) is 12.1. The molecule has 0 saturated carbocycles. The average Bonchev–Trinajstić information content (AvgIpc) is 2.60. The van der Waals surface area contributed by atoms with Crippen LogP contribution in [0.4, 0.5) is 0 Å². The third kappa shape index (κ3) is 5.07. The number of phenols is 1. The molecule has 4 heteroatoms. The van der Waals surface area contributed by atoms with Crippen molar-refractivity contribution in [3.8, 4) is 5.75 Å². The molecule has 3 rings (SSSR count). The fourth-order valence-electron chi connectivity index (χ4n) is 3.43. The summed E-state index contributed by atoms with van der Waals surface area (Å²) in [4.78, 5) is 12.2. The zero-order valence-electron chi connectivity index (χ0n) is 14.7. The van der Waals surface area contributed by atoms with Crippen LogP contribution >= 0.6 is 0 Å². The van der Waals surface area contributed by atoms with Gasteiger partial charge in [-0.2, -0.15) is 0 Å². The second-order valence-electron chi connectivity index (χ2n) is 7.04. The second-order valence-corrected chi connectivity index (χ2v) is 7.04. The van der Waals surface area contributed by atoms with Crippen molar-refractivity contribution in [2.24, 2.45) is 5.92 Å². The Morgan fingerprint density at radius 1 is 1.24 bits per heavy atom. The van der Waals surface area contributed by atoms with E-state index < -0.39 is 0 Å². The molecule has 0 spiro atoms. The molecule has 2 unspecified atom stereocenters. The van der Waals surface area contributed by atoms with Crippen LogP contribution in [0.25, 0.3) is 0 Å². The van der Waals surface area contributed by atoms with Crippen LogP contribution in [0.2, 0.25) is 0 Å². The molecule has 1 heterocycles. The van der Waals surface area contributed by atoms with Crippen LogP contribution in [-0.2, 0) is 24.2 Å². The number of carbonyl (C=O) groups excluding carboxylic acids is 1. The molecule has 0 aromatic heterocycles. The smallest absolute Gasteiger partial charge is 0.220 e. The van der Waals surface area contributed by atoms with Crippen LogP contribution in [0, 0.1) is 5.92 Å². The van der Waals surface area contributed by atoms with Crippen molar-refractivity contribution in [1.29, 1.82) is 0 Å². The highest BCUT2D eigenvalue weighted by Crippen LogP contribution is 2.21. The summed E-state index contributed by atoms with van der Waals surface area (Å²) in [6.07, 6.45) is 2.34. The Morgan fingerprint density at radius 2 is 2.04 bits per heavy atom. The number of aromatic hydroxyl groups is 1. The van der Waals surface area contributed by atoms with Gasteiger partial charge in [0.2, 0.25) is 5.91 Å². The van der Waals surface area contributed by atoms with Crippen LogP contribution in [0.5, 0.6) is 5.75 Å². The van der Waals surface area contributed by atoms with Gasteiger partial charge < -0.3 is 15.7 Å². The number of fused-ring (bicyclic) bond motifs is 1. The standard InChI is InChI=1S/C21H26N2O2/c1-15(9-16-5-3-2-4-6-16)10-21(25)23-14-19-11-17-7-8-20(24)12-18(17)13-22-19/h2-8,12,15,19,22,24H,9-11,13-14H2,1H3,(H,23,25). The molecule has 0 radical (unpaired) electrons. The third-order valence-electron chi connectivity index (χ3n) is 4.74. The SMILES string of the molecule is CC(CC(=O)NCC1Cc2ccc(O)cc2CN1)Cc1ccccc1. The molecule has 2 atom stereocenters. The Hall–Kier alpha value is -2.33. The van der Waals surface area contributed by atoms with Gasteiger partial charge in [0.05, 0.1) is 0 Å². The molecule has 1 amide bonds. The van der Waals surface area contributed by atoms with Gasteiger partial charge in [0.25, 0.3) is 0 Å². The molecule has 132 valence electrons. The van der Waals surface area contributed by atoms with Crippen molar-refractivity contribution in [2.45, 2.75) is 38.8 Å². The van der Waals surface area contributed by atoms with Crippen molar-refractivity contribution in [1.82, 2.24) is 10.6 Å². The van der Waals surface area contributed by atoms with E-state index in [1.54, 1.807) is 6.07 Å². The Bertz CT molecular complexity index is 715. The van der Waals surface area contributed by atoms with Gasteiger partial charge in [0.15, 0.2) is 0 Å². The summed E-state index contributed by atoms with van der Waals surface area (Å²) in [5.74, 6) is 0.742. The normalized spacial score (nSPS) is 17.6. The lowest BCUT2D eigenvalue weighted by molar-refractivity contribution is -0.122. The number of hydrogen-bond acceptors (Lipinski definition) is 3. The third-order valence-corrected chi connectivity index (χ3v) is 4.74. The number of carbonyl (C=O) groups is 1. The molecule has 25 heavy (non-hydrogen) atoms. The van der Waals surface area contributed by atoms with Crippen molar-refractivity contribution in [3.63, 3.8) is 0 Å². The maximum Gasteiger partial charge on any atom is 0.220 e. The van der Waals surface area contributed by atoms with Crippen molar-refractivity contribution in [2.75, 3.05) is 6.54 Å². The zero-order chi connectivity index (χ0) is 17.6. The summed E-state index contributed by atoms with van der Waals surface area (Å²) in [6.45, 7) is 3.49. The molecule has 0 bridgehead atoms. The maximum atomic E-state index is 12.2. The predicted molar refractivity (Wildman–Crippen MR) is 99.4 cm³/mol. The number of hydrogen-bond donors (Lipinski definition) is 3. The molecular formula is C21H26N2O2. The van der Waals surface area contributed by atoms with E-state index in [1.165, 1.54) is 11.1 Å². The van der Waals surface area contributed by atoms with Gasteiger partial charge in [-0.25, -0.2) is 0 Å². The van der Waals surface area contributed by atoms with Crippen molar-refractivity contribution in [3.05, 3.63) is 65.2 Å². The van der Waals surface area contributed by atoms with Crippen LogP contribution in [0.1, 0.15) is 30.0 Å². The Balaban J connectivity index is 1.43. The van der Waals surface area contributed by atoms with Gasteiger partial charge in [0, 0.05) is 25.6 Å². The van der Waals surface area contributed by atoms with E-state index in [0.717, 1.165) is 24.9 Å². The van der Waals surface area contributed by atoms with E-state index in [1.807, 2.05) is 30.3 Å². The minimum atomic E-state index is 0.113. The monoisotopic (exact) mass is 338 g/mol. The fraction of sp³-hybridized carbons (Fsp3) is 0.381. The summed E-state index contributed by atoms with van der Waals surface area (Å²) in [5.41, 5.74) is 3.66. The Labute approximate surface area is 149 Å². The minimum absolute atomic E-state index is 0.113. The van der Waals surface area contributed by atoms with Crippen LogP contribution in [-0.4, -0.2) is 23.6 Å². The lowest BCUT2D eigenvalue weighted by Gasteiger charge is -2.26. The highest BCUT2D eigenvalue weighted by molar-refractivity contribution is 5.76. The molecule has 2 aromatic rings. The molecule has 3 N–H and O–H groups in total. The molecule has 0 saturated heterocycles. The Morgan fingerprint density at radius 3 is 2.84 bits per heavy atom. The first-order valence-electron chi connectivity index (χ1n) is 8.95. The quantitative estimate of drug-likeness (QED) is 0.759. The van der Waals surface area contributed by atoms with E-state index in [2.05, 4.69) is 29.7 Å². The Kier molecular flexibility index (Phi) is 5.71. The number of phenolic OH excluding ortho intramolecular Hbond substituents is 1. The molecule has 1 aliphatic heterocycles. The zero-order valence-corrected chi connectivity index (χ0v) is 14.7. The molecule has 0 aliphatic carbocycles. The van der Waals surface area contributed by atoms with Gasteiger partial charge in [-0.15, -0.1) is 0 Å². The highest BCUT2D eigenvalue weighted by atomic mass is 16.3. The van der Waals surface area contributed by atoms with Crippen molar-refractivity contribution >= 4 is 5.91 Å². The largest absolute Gasteiger partial charge is 0.508 e. The van der Waals surface area contributed by atoms with Crippen LogP contribution < -0.4 is 10.6 Å². The lowest BCUT2D eigenvalue weighted by atomic mass is 9.95. The minimum Gasteiger partial charge on any atom is -0.508 e. The van der Waals surface area contributed by atoms with Gasteiger partial charge in [0.1, 0.15) is 5.75 Å². The van der Waals surface area contributed by atoms with Crippen LogP contribution in [0.3, 0.4) is 0 Å². The number of amides is 1. The fourth-order valence-corrected chi connectivity index (χ4v) is 3.43. The van der Waals surface area contributed by atoms with Crippen LogP contribution in [0.15, 0.2) is 48.5 Å². The lowest BCUT2D eigenvalue weighted by Crippen LogP contribution is -2.44. The molecule has 0 fully saturated rings. The van der Waals surface area contributed by atoms with E-state index in [-0.39, 0.29) is 11.9 Å². The van der Waals surface area contributed by atoms with E-state index in [4.69, 9.17) is 0 Å². The number of nitrogens with one attached hydrogen (secondary N) is 2. The topological polar surface area (TPSA) is 61.4 Å². The highest BCUT2D eigenvalue weighted by Gasteiger charge is 2.19. The van der Waals surface area contributed by atoms with E-state index >= 15 is 0 Å². The molecule has 2 aromatic carbocycles. The first kappa shape index (κ1) is 17.5. The molecule has 1 aliphatic rings. The summed E-state index contributed by atoms with van der Waals surface area (Å²) < 4.78 is 0. The summed E-state index contributed by atoms with van der Waals surface area (Å²) in [7, 11) is 0. The van der Waals surface area contributed by atoms with E-state index in [0.29, 0.717) is 24.6 Å². The average molecular weight is 338 g/mol. The summed E-state index contributed by atoms with van der Waals surface area (Å²) >= 11 is 0. The first-order valence-corrected chi connectivity index (χ1v) is 8.95. The second kappa shape index (κ2) is 8.17. The summed E-state index contributed by atoms with van der Waals surface area (Å²) in [5, 5.41) is 16.0. The number of rotatable bonds is 6. The predicted octanol–water partition coefficient (Wildman–Crippen LogP) is 2.79. The van der Waals surface area contributed by atoms with E-state index in [9.17, 15) is 9.90 Å². The maximum absolute atomic E-state index is 12.2. The summed E-state index contributed by atoms with van der Waals surface area (Å²) in [6, 6.07) is 16.0. The van der Waals surface area contributed by atoms with Crippen molar-refractivity contribution < 1.29 is 9.90 Å². The number of benzene rings is 2. The van der Waals surface area contributed by atoms with Gasteiger partial charge in [-0.1, -0.05) is 43.3 Å². The van der Waals surface area contributed by atoms with Gasteiger partial charge >= 0.3 is 0 Å². The molecular weight excluding hydrogens is 312 g/mol.